The lowest BCUT2D eigenvalue weighted by Crippen LogP contribution is -2.17. The van der Waals surface area contributed by atoms with Crippen LogP contribution in [0, 0.1) is 12.7 Å². The molecule has 0 amide bonds. The number of methoxy groups -OCH3 is 1. The van der Waals surface area contributed by atoms with Crippen LogP contribution < -0.4 is 10.3 Å². The summed E-state index contributed by atoms with van der Waals surface area (Å²) < 4.78 is 65.1. The Morgan fingerprint density at radius 1 is 1.20 bits per heavy atom. The molecule has 0 aliphatic rings. The van der Waals surface area contributed by atoms with E-state index in [-0.39, 0.29) is 33.6 Å². The lowest BCUT2D eigenvalue weighted by Gasteiger charge is -2.21. The molecule has 0 saturated heterocycles. The van der Waals surface area contributed by atoms with Crippen LogP contribution in [-0.2, 0) is 10.9 Å². The summed E-state index contributed by atoms with van der Waals surface area (Å²) in [6, 6.07) is 5.00. The second-order valence-electron chi connectivity index (χ2n) is 6.50. The number of nitrogens with one attached hydrogen (secondary N) is 1. The van der Waals surface area contributed by atoms with Crippen molar-refractivity contribution in [2.75, 3.05) is 7.11 Å². The van der Waals surface area contributed by atoms with E-state index in [9.17, 15) is 27.2 Å². The van der Waals surface area contributed by atoms with Gasteiger partial charge in [-0.1, -0.05) is 0 Å². The number of aromatic amines is 1. The molecule has 0 aliphatic carbocycles. The quantitative estimate of drug-likeness (QED) is 0.499. The molecule has 0 aliphatic heterocycles. The summed E-state index contributed by atoms with van der Waals surface area (Å²) in [4.78, 5) is 30.0. The van der Waals surface area contributed by atoms with Crippen LogP contribution in [0.3, 0.4) is 0 Å². The fourth-order valence-electron chi connectivity index (χ4n) is 3.00. The zero-order chi connectivity index (χ0) is 22.2. The van der Waals surface area contributed by atoms with Gasteiger partial charge in [0.2, 0.25) is 0 Å². The highest BCUT2D eigenvalue weighted by Gasteiger charge is 2.36. The molecule has 1 aromatic heterocycles. The number of aromatic nitrogens is 2. The normalized spacial score (nSPS) is 12.6. The average molecular weight is 424 g/mol. The van der Waals surface area contributed by atoms with Gasteiger partial charge in [0, 0.05) is 5.56 Å². The monoisotopic (exact) mass is 424 g/mol. The Morgan fingerprint density at radius 2 is 1.90 bits per heavy atom. The molecule has 10 heteroatoms. The van der Waals surface area contributed by atoms with Gasteiger partial charge in [-0.3, -0.25) is 4.79 Å². The van der Waals surface area contributed by atoms with Gasteiger partial charge >= 0.3 is 12.1 Å². The predicted molar refractivity (Wildman–Crippen MR) is 98.9 cm³/mol. The van der Waals surface area contributed by atoms with Crippen molar-refractivity contribution in [1.82, 2.24) is 9.97 Å². The third-order valence-electron chi connectivity index (χ3n) is 4.40. The van der Waals surface area contributed by atoms with Crippen molar-refractivity contribution in [2.45, 2.75) is 26.1 Å². The number of H-pyrrole nitrogens is 1. The Morgan fingerprint density at radius 3 is 2.50 bits per heavy atom. The standard InChI is InChI=1S/C20H16F4N2O4/c1-9(30-17-5-4-11(6-15(17)21)19(28)29-3)12-7-13-16(8-14(12)20(22,23)24)25-10(2)26-18(13)27/h4-9H,1-3H3,(H,25,26,27). The first kappa shape index (κ1) is 21.3. The maximum absolute atomic E-state index is 14.3. The second kappa shape index (κ2) is 7.77. The first-order valence-corrected chi connectivity index (χ1v) is 8.67. The Hall–Kier alpha value is -3.43. The molecule has 0 radical (unpaired) electrons. The first-order chi connectivity index (χ1) is 14.0. The van der Waals surface area contributed by atoms with Gasteiger partial charge in [-0.2, -0.15) is 13.2 Å². The minimum atomic E-state index is -4.76. The summed E-state index contributed by atoms with van der Waals surface area (Å²) in [7, 11) is 1.13. The number of nitrogens with zero attached hydrogens (tertiary/aromatic N) is 1. The highest BCUT2D eigenvalue weighted by Crippen LogP contribution is 2.38. The van der Waals surface area contributed by atoms with Crippen LogP contribution in [0.15, 0.2) is 35.1 Å². The van der Waals surface area contributed by atoms with Crippen molar-refractivity contribution >= 4 is 16.9 Å². The number of halogens is 4. The molecular weight excluding hydrogens is 408 g/mol. The number of ether oxygens (including phenoxy) is 2. The zero-order valence-electron chi connectivity index (χ0n) is 16.1. The third kappa shape index (κ3) is 4.12. The number of fused-ring (bicyclic) bond motifs is 1. The summed E-state index contributed by atoms with van der Waals surface area (Å²) in [6.45, 7) is 2.74. The molecule has 158 valence electrons. The van der Waals surface area contributed by atoms with Crippen molar-refractivity contribution in [3.05, 3.63) is 69.0 Å². The molecule has 1 atom stereocenters. The highest BCUT2D eigenvalue weighted by atomic mass is 19.4. The van der Waals surface area contributed by atoms with E-state index in [0.717, 1.165) is 31.4 Å². The van der Waals surface area contributed by atoms with Crippen LogP contribution in [0.4, 0.5) is 17.6 Å². The number of hydrogen-bond donors (Lipinski definition) is 1. The van der Waals surface area contributed by atoms with E-state index in [1.54, 1.807) is 0 Å². The van der Waals surface area contributed by atoms with Gasteiger partial charge < -0.3 is 14.5 Å². The van der Waals surface area contributed by atoms with Crippen LogP contribution in [0.1, 0.15) is 40.3 Å². The molecule has 0 fully saturated rings. The van der Waals surface area contributed by atoms with E-state index in [0.29, 0.717) is 0 Å². The molecule has 1 unspecified atom stereocenters. The summed E-state index contributed by atoms with van der Waals surface area (Å²) in [5, 5.41) is -0.0550. The van der Waals surface area contributed by atoms with E-state index in [1.807, 2.05) is 0 Å². The van der Waals surface area contributed by atoms with Crippen LogP contribution in [0.2, 0.25) is 0 Å². The number of hydrogen-bond acceptors (Lipinski definition) is 5. The average Bonchev–Trinajstić information content (AvgIpc) is 2.67. The van der Waals surface area contributed by atoms with Gasteiger partial charge in [0.1, 0.15) is 11.9 Å². The highest BCUT2D eigenvalue weighted by molar-refractivity contribution is 5.89. The van der Waals surface area contributed by atoms with Crippen LogP contribution in [0.5, 0.6) is 5.75 Å². The van der Waals surface area contributed by atoms with Gasteiger partial charge in [0.25, 0.3) is 5.56 Å². The van der Waals surface area contributed by atoms with Crippen LogP contribution >= 0.6 is 0 Å². The van der Waals surface area contributed by atoms with Crippen molar-refractivity contribution in [3.63, 3.8) is 0 Å². The van der Waals surface area contributed by atoms with Gasteiger partial charge in [0.15, 0.2) is 11.6 Å². The molecule has 0 spiro atoms. The molecule has 30 heavy (non-hydrogen) atoms. The molecular formula is C20H16F4N2O4. The van der Waals surface area contributed by atoms with Gasteiger partial charge in [0.05, 0.1) is 29.1 Å². The molecule has 2 aromatic carbocycles. The lowest BCUT2D eigenvalue weighted by molar-refractivity contribution is -0.138. The summed E-state index contributed by atoms with van der Waals surface area (Å²) in [6.07, 6.45) is -6.03. The molecule has 0 bridgehead atoms. The number of carbonyl (C=O) groups excluding carboxylic acids is 1. The minimum absolute atomic E-state index is 0.0550. The Kier molecular flexibility index (Phi) is 5.51. The Labute approximate surface area is 167 Å². The summed E-state index contributed by atoms with van der Waals surface area (Å²) in [5.74, 6) is -1.91. The maximum Gasteiger partial charge on any atom is 0.416 e. The largest absolute Gasteiger partial charge is 0.483 e. The number of esters is 1. The SMILES string of the molecule is COC(=O)c1ccc(OC(C)c2cc3c(=O)[nH]c(C)nc3cc2C(F)(F)F)c(F)c1. The number of benzene rings is 2. The van der Waals surface area contributed by atoms with Gasteiger partial charge in [-0.25, -0.2) is 14.2 Å². The van der Waals surface area contributed by atoms with Gasteiger partial charge in [-0.15, -0.1) is 0 Å². The van der Waals surface area contributed by atoms with Crippen molar-refractivity contribution < 1.29 is 31.8 Å². The van der Waals surface area contributed by atoms with Crippen molar-refractivity contribution in [2.24, 2.45) is 0 Å². The van der Waals surface area contributed by atoms with E-state index in [2.05, 4.69) is 14.7 Å². The number of aryl methyl sites for hydroxylation is 1. The van der Waals surface area contributed by atoms with Crippen molar-refractivity contribution in [3.8, 4) is 5.75 Å². The number of carbonyl (C=O) groups is 1. The zero-order valence-corrected chi connectivity index (χ0v) is 16.1. The summed E-state index contributed by atoms with van der Waals surface area (Å²) >= 11 is 0. The smallest absolute Gasteiger partial charge is 0.416 e. The van der Waals surface area contributed by atoms with Gasteiger partial charge in [-0.05, 0) is 44.2 Å². The Balaban J connectivity index is 2.07. The fraction of sp³-hybridized carbons (Fsp3) is 0.250. The third-order valence-corrected chi connectivity index (χ3v) is 4.40. The van der Waals surface area contributed by atoms with Crippen LogP contribution in [-0.4, -0.2) is 23.0 Å². The molecule has 1 N–H and O–H groups in total. The predicted octanol–water partition coefficient (Wildman–Crippen LogP) is 4.32. The van der Waals surface area contributed by atoms with E-state index < -0.39 is 35.2 Å². The molecule has 0 saturated carbocycles. The molecule has 3 rings (SSSR count). The van der Waals surface area contributed by atoms with Crippen molar-refractivity contribution in [1.29, 1.82) is 0 Å². The van der Waals surface area contributed by atoms with E-state index in [1.165, 1.54) is 19.9 Å². The second-order valence-corrected chi connectivity index (χ2v) is 6.50. The first-order valence-electron chi connectivity index (χ1n) is 8.67. The molecule has 1 heterocycles. The number of rotatable bonds is 4. The lowest BCUT2D eigenvalue weighted by atomic mass is 9.99. The number of alkyl halides is 3. The topological polar surface area (TPSA) is 81.3 Å². The molecule has 3 aromatic rings. The maximum atomic E-state index is 14.3. The Bertz CT molecular complexity index is 1190. The summed E-state index contributed by atoms with van der Waals surface area (Å²) in [5.41, 5.74) is -2.21. The minimum Gasteiger partial charge on any atom is -0.483 e. The van der Waals surface area contributed by atoms with Crippen LogP contribution in [0.25, 0.3) is 10.9 Å². The van der Waals surface area contributed by atoms with E-state index >= 15 is 0 Å². The van der Waals surface area contributed by atoms with E-state index in [4.69, 9.17) is 4.74 Å². The fourth-order valence-corrected chi connectivity index (χ4v) is 3.00. The molecule has 6 nitrogen and oxygen atoms in total.